The molecule has 27 heavy (non-hydrogen) atoms. The SMILES string of the molecule is O=[N+]([O-])c1cn(CC[C@@H](O)COc2ccc(C3CCNCC3)cc2)c(Cl)n1. The van der Waals surface area contributed by atoms with E-state index < -0.39 is 11.0 Å². The molecule has 0 radical (unpaired) electrons. The average Bonchev–Trinajstić information content (AvgIpc) is 3.07. The lowest BCUT2D eigenvalue weighted by Crippen LogP contribution is -2.26. The Labute approximate surface area is 162 Å². The maximum Gasteiger partial charge on any atom is 0.383 e. The second kappa shape index (κ2) is 9.16. The van der Waals surface area contributed by atoms with Gasteiger partial charge in [0.2, 0.25) is 0 Å². The molecule has 0 amide bonds. The monoisotopic (exact) mass is 394 g/mol. The van der Waals surface area contributed by atoms with Crippen molar-refractivity contribution in [3.8, 4) is 5.75 Å². The molecule has 2 N–H and O–H groups in total. The normalized spacial score (nSPS) is 16.2. The van der Waals surface area contributed by atoms with Crippen LogP contribution in [0, 0.1) is 10.1 Å². The first-order valence-corrected chi connectivity index (χ1v) is 9.39. The Kier molecular flexibility index (Phi) is 6.65. The molecule has 9 heteroatoms. The van der Waals surface area contributed by atoms with E-state index in [9.17, 15) is 15.2 Å². The molecule has 0 spiro atoms. The number of halogens is 1. The number of nitro groups is 1. The van der Waals surface area contributed by atoms with Crippen LogP contribution in [-0.2, 0) is 6.54 Å². The van der Waals surface area contributed by atoms with Gasteiger partial charge >= 0.3 is 11.1 Å². The standard InChI is InChI=1S/C18H23ClN4O4/c19-18-21-17(23(25)26)11-22(18)10-7-15(24)12-27-16-3-1-13(2-4-16)14-5-8-20-9-6-14/h1-4,11,14-15,20,24H,5-10,12H2/t15-/m1/s1. The van der Waals surface area contributed by atoms with Gasteiger partial charge in [0.1, 0.15) is 18.6 Å². The van der Waals surface area contributed by atoms with E-state index in [1.54, 1.807) is 0 Å². The second-order valence-corrected chi connectivity index (χ2v) is 7.00. The predicted octanol–water partition coefficient (Wildman–Crippen LogP) is 2.74. The molecule has 1 aliphatic heterocycles. The number of piperidine rings is 1. The van der Waals surface area contributed by atoms with Gasteiger partial charge in [-0.2, -0.15) is 0 Å². The molecule has 0 saturated carbocycles. The molecule has 2 aromatic rings. The fourth-order valence-electron chi connectivity index (χ4n) is 3.18. The van der Waals surface area contributed by atoms with Crippen molar-refractivity contribution in [3.63, 3.8) is 0 Å². The van der Waals surface area contributed by atoms with Crippen LogP contribution in [0.15, 0.2) is 30.5 Å². The molecule has 3 rings (SSSR count). The molecule has 2 heterocycles. The highest BCUT2D eigenvalue weighted by Crippen LogP contribution is 2.26. The predicted molar refractivity (Wildman–Crippen MR) is 101 cm³/mol. The van der Waals surface area contributed by atoms with Crippen LogP contribution in [0.5, 0.6) is 5.75 Å². The van der Waals surface area contributed by atoms with Crippen LogP contribution in [0.2, 0.25) is 5.28 Å². The first-order chi connectivity index (χ1) is 13.0. The minimum absolute atomic E-state index is 0.0309. The highest BCUT2D eigenvalue weighted by atomic mass is 35.5. The van der Waals surface area contributed by atoms with E-state index in [0.29, 0.717) is 24.6 Å². The summed E-state index contributed by atoms with van der Waals surface area (Å²) in [4.78, 5) is 13.7. The zero-order valence-electron chi connectivity index (χ0n) is 14.9. The van der Waals surface area contributed by atoms with E-state index in [0.717, 1.165) is 25.9 Å². The van der Waals surface area contributed by atoms with E-state index >= 15 is 0 Å². The van der Waals surface area contributed by atoms with E-state index in [2.05, 4.69) is 22.4 Å². The van der Waals surface area contributed by atoms with Crippen molar-refractivity contribution >= 4 is 17.4 Å². The highest BCUT2D eigenvalue weighted by molar-refractivity contribution is 6.28. The first-order valence-electron chi connectivity index (χ1n) is 9.01. The molecule has 146 valence electrons. The van der Waals surface area contributed by atoms with E-state index in [1.165, 1.54) is 16.3 Å². The second-order valence-electron chi connectivity index (χ2n) is 6.67. The van der Waals surface area contributed by atoms with Crippen molar-refractivity contribution < 1.29 is 14.8 Å². The van der Waals surface area contributed by atoms with Gasteiger partial charge < -0.3 is 25.3 Å². The van der Waals surface area contributed by atoms with E-state index in [4.69, 9.17) is 16.3 Å². The van der Waals surface area contributed by atoms with Crippen molar-refractivity contribution in [2.24, 2.45) is 0 Å². The third-order valence-electron chi connectivity index (χ3n) is 4.74. The Morgan fingerprint density at radius 1 is 1.37 bits per heavy atom. The van der Waals surface area contributed by atoms with Crippen molar-refractivity contribution in [2.45, 2.75) is 37.8 Å². The molecular weight excluding hydrogens is 372 g/mol. The van der Waals surface area contributed by atoms with Crippen LogP contribution in [0.3, 0.4) is 0 Å². The number of aromatic nitrogens is 2. The summed E-state index contributed by atoms with van der Waals surface area (Å²) in [5.74, 6) is 0.998. The summed E-state index contributed by atoms with van der Waals surface area (Å²) < 4.78 is 7.08. The number of hydrogen-bond donors (Lipinski definition) is 2. The quantitative estimate of drug-likeness (QED) is 0.527. The van der Waals surface area contributed by atoms with Gasteiger partial charge in [-0.3, -0.25) is 4.57 Å². The maximum absolute atomic E-state index is 10.7. The minimum atomic E-state index is -0.716. The zero-order chi connectivity index (χ0) is 19.2. The fourth-order valence-corrected chi connectivity index (χ4v) is 3.40. The van der Waals surface area contributed by atoms with Gasteiger partial charge in [-0.15, -0.1) is 0 Å². The van der Waals surface area contributed by atoms with Crippen LogP contribution in [0.1, 0.15) is 30.7 Å². The van der Waals surface area contributed by atoms with Crippen LogP contribution in [0.25, 0.3) is 0 Å². The summed E-state index contributed by atoms with van der Waals surface area (Å²) in [5, 5.41) is 24.2. The average molecular weight is 395 g/mol. The molecule has 0 unspecified atom stereocenters. The summed E-state index contributed by atoms with van der Waals surface area (Å²) in [6, 6.07) is 8.03. The number of ether oxygens (including phenoxy) is 1. The van der Waals surface area contributed by atoms with Crippen LogP contribution in [-0.4, -0.2) is 45.4 Å². The number of rotatable bonds is 8. The van der Waals surface area contributed by atoms with Gasteiger partial charge in [0.25, 0.3) is 0 Å². The molecule has 0 aliphatic carbocycles. The lowest BCUT2D eigenvalue weighted by molar-refractivity contribution is -0.389. The summed E-state index contributed by atoms with van der Waals surface area (Å²) in [7, 11) is 0. The van der Waals surface area contributed by atoms with Crippen LogP contribution in [0.4, 0.5) is 5.82 Å². The number of nitrogens with one attached hydrogen (secondary N) is 1. The summed E-state index contributed by atoms with van der Waals surface area (Å²) in [6.07, 6.45) is 3.18. The minimum Gasteiger partial charge on any atom is -0.491 e. The number of hydrogen-bond acceptors (Lipinski definition) is 6. The first kappa shape index (κ1) is 19.6. The van der Waals surface area contributed by atoms with Gasteiger partial charge in [-0.25, -0.2) is 0 Å². The smallest absolute Gasteiger partial charge is 0.383 e. The molecule has 8 nitrogen and oxygen atoms in total. The van der Waals surface area contributed by atoms with Crippen molar-refractivity contribution in [1.29, 1.82) is 0 Å². The molecule has 1 atom stereocenters. The molecule has 1 fully saturated rings. The van der Waals surface area contributed by atoms with Gasteiger partial charge in [-0.1, -0.05) is 12.1 Å². The maximum atomic E-state index is 10.7. The topological polar surface area (TPSA) is 102 Å². The number of nitrogens with zero attached hydrogens (tertiary/aromatic N) is 3. The van der Waals surface area contributed by atoms with Crippen molar-refractivity contribution in [3.05, 3.63) is 51.4 Å². The molecule has 1 aromatic carbocycles. The third-order valence-corrected chi connectivity index (χ3v) is 5.04. The van der Waals surface area contributed by atoms with Gasteiger partial charge in [0.15, 0.2) is 0 Å². The number of aryl methyl sites for hydroxylation is 1. The van der Waals surface area contributed by atoms with Gasteiger partial charge in [0.05, 0.1) is 6.10 Å². The zero-order valence-corrected chi connectivity index (χ0v) is 15.6. The lowest BCUT2D eigenvalue weighted by atomic mass is 9.90. The molecular formula is C18H23ClN4O4. The number of imidazole rings is 1. The molecule has 0 bridgehead atoms. The Bertz CT molecular complexity index is 759. The number of benzene rings is 1. The Hall–Kier alpha value is -2.16. The Morgan fingerprint density at radius 3 is 2.70 bits per heavy atom. The van der Waals surface area contributed by atoms with E-state index in [1.807, 2.05) is 12.1 Å². The Morgan fingerprint density at radius 2 is 2.07 bits per heavy atom. The van der Waals surface area contributed by atoms with Crippen molar-refractivity contribution in [2.75, 3.05) is 19.7 Å². The summed E-state index contributed by atoms with van der Waals surface area (Å²) >= 11 is 5.85. The van der Waals surface area contributed by atoms with Gasteiger partial charge in [0, 0.05) is 6.54 Å². The highest BCUT2D eigenvalue weighted by Gasteiger charge is 2.18. The lowest BCUT2D eigenvalue weighted by Gasteiger charge is -2.23. The molecule has 1 aliphatic rings. The number of aliphatic hydroxyl groups is 1. The van der Waals surface area contributed by atoms with Crippen LogP contribution >= 0.6 is 11.6 Å². The molecule has 1 saturated heterocycles. The molecule has 1 aromatic heterocycles. The number of aliphatic hydroxyl groups excluding tert-OH is 1. The third kappa shape index (κ3) is 5.41. The van der Waals surface area contributed by atoms with Gasteiger partial charge in [-0.05, 0) is 77.5 Å². The summed E-state index contributed by atoms with van der Waals surface area (Å²) in [5.41, 5.74) is 1.32. The van der Waals surface area contributed by atoms with E-state index in [-0.39, 0.29) is 17.7 Å². The fraction of sp³-hybridized carbons (Fsp3) is 0.500. The van der Waals surface area contributed by atoms with Crippen LogP contribution < -0.4 is 10.1 Å². The summed E-state index contributed by atoms with van der Waals surface area (Å²) in [6.45, 7) is 2.57. The largest absolute Gasteiger partial charge is 0.491 e. The van der Waals surface area contributed by atoms with Crippen molar-refractivity contribution in [1.82, 2.24) is 14.9 Å². The Balaban J connectivity index is 1.44.